The SMILES string of the molecule is COC1(c2cccc(C(C)C)c2)CCC2(CC1)CN(C(=O)C1CC(C)(O)C1)C2. The predicted octanol–water partition coefficient (Wildman–Crippen LogP) is 4.22. The molecular formula is C24H35NO3. The molecule has 1 N–H and O–H groups in total. The van der Waals surface area contributed by atoms with E-state index in [4.69, 9.17) is 4.74 Å². The summed E-state index contributed by atoms with van der Waals surface area (Å²) < 4.78 is 6.12. The van der Waals surface area contributed by atoms with Crippen molar-refractivity contribution in [2.24, 2.45) is 11.3 Å². The molecule has 0 bridgehead atoms. The first kappa shape index (κ1) is 19.9. The van der Waals surface area contributed by atoms with Gasteiger partial charge in [0.1, 0.15) is 0 Å². The minimum absolute atomic E-state index is 0.0350. The van der Waals surface area contributed by atoms with Crippen molar-refractivity contribution in [3.05, 3.63) is 35.4 Å². The third-order valence-corrected chi connectivity index (χ3v) is 7.67. The number of aliphatic hydroxyl groups is 1. The number of ether oxygens (including phenoxy) is 1. The van der Waals surface area contributed by atoms with Gasteiger partial charge in [-0.25, -0.2) is 0 Å². The molecule has 0 atom stereocenters. The van der Waals surface area contributed by atoms with Gasteiger partial charge in [-0.1, -0.05) is 38.1 Å². The summed E-state index contributed by atoms with van der Waals surface area (Å²) in [6.07, 6.45) is 5.50. The molecule has 2 saturated carbocycles. The standard InChI is InChI=1S/C24H35NO3/c1-17(2)18-6-5-7-20(12-18)24(28-4)10-8-23(9-11-24)15-25(16-23)21(26)19-13-22(3,27)14-19/h5-7,12,17,19,27H,8-11,13-16H2,1-4H3. The molecule has 1 aromatic carbocycles. The molecule has 1 aromatic rings. The Kier molecular flexibility index (Phi) is 4.86. The second-order valence-electron chi connectivity index (χ2n) is 10.3. The normalized spacial score (nSPS) is 30.8. The van der Waals surface area contributed by atoms with Crippen LogP contribution in [0.2, 0.25) is 0 Å². The van der Waals surface area contributed by atoms with Crippen LogP contribution in [0.15, 0.2) is 24.3 Å². The highest BCUT2D eigenvalue weighted by Gasteiger charge is 2.53. The molecule has 4 rings (SSSR count). The van der Waals surface area contributed by atoms with Crippen LogP contribution in [0.5, 0.6) is 0 Å². The van der Waals surface area contributed by atoms with Crippen molar-refractivity contribution in [2.45, 2.75) is 76.4 Å². The molecule has 0 unspecified atom stereocenters. The average molecular weight is 386 g/mol. The number of methoxy groups -OCH3 is 1. The van der Waals surface area contributed by atoms with E-state index in [9.17, 15) is 9.90 Å². The van der Waals surface area contributed by atoms with Gasteiger partial charge in [-0.3, -0.25) is 4.79 Å². The van der Waals surface area contributed by atoms with Crippen LogP contribution in [0, 0.1) is 11.3 Å². The van der Waals surface area contributed by atoms with E-state index in [2.05, 4.69) is 38.1 Å². The van der Waals surface area contributed by atoms with Crippen LogP contribution in [-0.4, -0.2) is 41.7 Å². The molecule has 1 spiro atoms. The van der Waals surface area contributed by atoms with Gasteiger partial charge in [-0.05, 0) is 62.5 Å². The predicted molar refractivity (Wildman–Crippen MR) is 110 cm³/mol. The summed E-state index contributed by atoms with van der Waals surface area (Å²) in [5, 5.41) is 9.91. The molecule has 0 radical (unpaired) electrons. The van der Waals surface area contributed by atoms with Crippen LogP contribution in [0.1, 0.15) is 76.3 Å². The van der Waals surface area contributed by atoms with Crippen molar-refractivity contribution in [1.29, 1.82) is 0 Å². The Morgan fingerprint density at radius 2 is 1.82 bits per heavy atom. The van der Waals surface area contributed by atoms with Crippen molar-refractivity contribution >= 4 is 5.91 Å². The fourth-order valence-electron chi connectivity index (χ4n) is 5.65. The Labute approximate surface area is 169 Å². The van der Waals surface area contributed by atoms with Crippen molar-refractivity contribution < 1.29 is 14.6 Å². The summed E-state index contributed by atoms with van der Waals surface area (Å²) in [6, 6.07) is 8.90. The van der Waals surface area contributed by atoms with Crippen LogP contribution in [0.4, 0.5) is 0 Å². The summed E-state index contributed by atoms with van der Waals surface area (Å²) >= 11 is 0. The average Bonchev–Trinajstić information content (AvgIpc) is 2.63. The van der Waals surface area contributed by atoms with Gasteiger partial charge in [-0.2, -0.15) is 0 Å². The molecule has 1 saturated heterocycles. The molecule has 28 heavy (non-hydrogen) atoms. The van der Waals surface area contributed by atoms with E-state index < -0.39 is 5.60 Å². The Balaban J connectivity index is 1.38. The summed E-state index contributed by atoms with van der Waals surface area (Å²) in [5.74, 6) is 0.806. The lowest BCUT2D eigenvalue weighted by molar-refractivity contribution is -0.168. The van der Waals surface area contributed by atoms with Gasteiger partial charge < -0.3 is 14.7 Å². The number of benzene rings is 1. The second kappa shape index (κ2) is 6.84. The van der Waals surface area contributed by atoms with Gasteiger partial charge >= 0.3 is 0 Å². The highest BCUT2D eigenvalue weighted by molar-refractivity contribution is 5.81. The van der Waals surface area contributed by atoms with Crippen LogP contribution >= 0.6 is 0 Å². The number of amides is 1. The Morgan fingerprint density at radius 1 is 1.18 bits per heavy atom. The first-order valence-electron chi connectivity index (χ1n) is 10.8. The maximum absolute atomic E-state index is 12.6. The summed E-state index contributed by atoms with van der Waals surface area (Å²) in [5.41, 5.74) is 2.13. The second-order valence-corrected chi connectivity index (χ2v) is 10.3. The van der Waals surface area contributed by atoms with Crippen LogP contribution in [0.25, 0.3) is 0 Å². The molecule has 1 heterocycles. The van der Waals surface area contributed by atoms with Crippen LogP contribution in [0.3, 0.4) is 0 Å². The quantitative estimate of drug-likeness (QED) is 0.844. The molecule has 4 nitrogen and oxygen atoms in total. The smallest absolute Gasteiger partial charge is 0.225 e. The monoisotopic (exact) mass is 385 g/mol. The largest absolute Gasteiger partial charge is 0.390 e. The van der Waals surface area contributed by atoms with Gasteiger partial charge in [0.2, 0.25) is 5.91 Å². The Morgan fingerprint density at radius 3 is 2.36 bits per heavy atom. The molecule has 2 aliphatic carbocycles. The molecule has 1 amide bonds. The zero-order chi connectivity index (χ0) is 20.2. The fraction of sp³-hybridized carbons (Fsp3) is 0.708. The van der Waals surface area contributed by atoms with E-state index >= 15 is 0 Å². The topological polar surface area (TPSA) is 49.8 Å². The highest BCUT2D eigenvalue weighted by Crippen LogP contribution is 2.52. The van der Waals surface area contributed by atoms with E-state index in [1.807, 2.05) is 18.9 Å². The number of carbonyl (C=O) groups excluding carboxylic acids is 1. The third kappa shape index (κ3) is 3.39. The van der Waals surface area contributed by atoms with E-state index in [1.165, 1.54) is 11.1 Å². The lowest BCUT2D eigenvalue weighted by Crippen LogP contribution is -2.63. The minimum atomic E-state index is -0.629. The molecule has 0 aromatic heterocycles. The van der Waals surface area contributed by atoms with Crippen molar-refractivity contribution in [2.75, 3.05) is 20.2 Å². The summed E-state index contributed by atoms with van der Waals surface area (Å²) in [4.78, 5) is 14.6. The Bertz CT molecular complexity index is 730. The first-order chi connectivity index (χ1) is 13.2. The van der Waals surface area contributed by atoms with Crippen molar-refractivity contribution in [3.63, 3.8) is 0 Å². The number of hydrogen-bond donors (Lipinski definition) is 1. The number of likely N-dealkylation sites (tertiary alicyclic amines) is 1. The minimum Gasteiger partial charge on any atom is -0.390 e. The number of nitrogens with zero attached hydrogens (tertiary/aromatic N) is 1. The van der Waals surface area contributed by atoms with E-state index in [0.717, 1.165) is 38.8 Å². The van der Waals surface area contributed by atoms with E-state index in [0.29, 0.717) is 18.8 Å². The Hall–Kier alpha value is -1.39. The number of rotatable bonds is 4. The molecule has 154 valence electrons. The van der Waals surface area contributed by atoms with Gasteiger partial charge in [-0.15, -0.1) is 0 Å². The van der Waals surface area contributed by atoms with E-state index in [1.54, 1.807) is 0 Å². The molecule has 1 aliphatic heterocycles. The zero-order valence-corrected chi connectivity index (χ0v) is 17.8. The fourth-order valence-corrected chi connectivity index (χ4v) is 5.65. The van der Waals surface area contributed by atoms with Gasteiger partial charge in [0, 0.05) is 31.5 Å². The van der Waals surface area contributed by atoms with Crippen LogP contribution in [-0.2, 0) is 15.1 Å². The third-order valence-electron chi connectivity index (χ3n) is 7.67. The van der Waals surface area contributed by atoms with Gasteiger partial charge in [0.15, 0.2) is 0 Å². The van der Waals surface area contributed by atoms with E-state index in [-0.39, 0.29) is 22.8 Å². The lowest BCUT2D eigenvalue weighted by atomic mass is 9.62. The lowest BCUT2D eigenvalue weighted by Gasteiger charge is -2.57. The first-order valence-corrected chi connectivity index (χ1v) is 10.8. The van der Waals surface area contributed by atoms with Gasteiger partial charge in [0.25, 0.3) is 0 Å². The molecule has 4 heteroatoms. The maximum atomic E-state index is 12.6. The maximum Gasteiger partial charge on any atom is 0.225 e. The summed E-state index contributed by atoms with van der Waals surface area (Å²) in [7, 11) is 1.85. The van der Waals surface area contributed by atoms with Gasteiger partial charge in [0.05, 0.1) is 11.2 Å². The van der Waals surface area contributed by atoms with Crippen molar-refractivity contribution in [1.82, 2.24) is 4.90 Å². The molecule has 3 fully saturated rings. The zero-order valence-electron chi connectivity index (χ0n) is 17.8. The number of hydrogen-bond acceptors (Lipinski definition) is 3. The molecule has 3 aliphatic rings. The highest BCUT2D eigenvalue weighted by atomic mass is 16.5. The van der Waals surface area contributed by atoms with Crippen LogP contribution < -0.4 is 0 Å². The van der Waals surface area contributed by atoms with Crippen molar-refractivity contribution in [3.8, 4) is 0 Å². The number of carbonyl (C=O) groups is 1. The molecular weight excluding hydrogens is 350 g/mol. The summed E-state index contributed by atoms with van der Waals surface area (Å²) in [6.45, 7) is 8.06.